The Labute approximate surface area is 98.7 Å². The van der Waals surface area contributed by atoms with Gasteiger partial charge in [-0.15, -0.1) is 0 Å². The van der Waals surface area contributed by atoms with Gasteiger partial charge >= 0.3 is 0 Å². The van der Waals surface area contributed by atoms with Crippen LogP contribution in [0.5, 0.6) is 0 Å². The Balaban J connectivity index is 1.96. The van der Waals surface area contributed by atoms with E-state index >= 15 is 0 Å². The Morgan fingerprint density at radius 1 is 1.47 bits per heavy atom. The van der Waals surface area contributed by atoms with Gasteiger partial charge in [-0.1, -0.05) is 0 Å². The van der Waals surface area contributed by atoms with Crippen LogP contribution in [-0.4, -0.2) is 29.6 Å². The summed E-state index contributed by atoms with van der Waals surface area (Å²) in [6.45, 7) is 0.502. The summed E-state index contributed by atoms with van der Waals surface area (Å²) in [5.74, 6) is 0.497. The first-order valence-electron chi connectivity index (χ1n) is 5.45. The van der Waals surface area contributed by atoms with Gasteiger partial charge < -0.3 is 0 Å². The minimum absolute atomic E-state index is 0.0914. The van der Waals surface area contributed by atoms with Crippen LogP contribution in [0.4, 0.5) is 0 Å². The highest BCUT2D eigenvalue weighted by Gasteiger charge is 2.26. The lowest BCUT2D eigenvalue weighted by atomic mass is 10.4. The summed E-state index contributed by atoms with van der Waals surface area (Å²) < 4.78 is 28.0. The van der Waals surface area contributed by atoms with Crippen molar-refractivity contribution in [2.45, 2.75) is 17.9 Å². The van der Waals surface area contributed by atoms with Crippen molar-refractivity contribution in [1.29, 1.82) is 0 Å². The molecule has 2 aromatic heterocycles. The summed E-state index contributed by atoms with van der Waals surface area (Å²) in [5.41, 5.74) is 0.527. The lowest BCUT2D eigenvalue weighted by molar-refractivity contribution is 0.569. The van der Waals surface area contributed by atoms with E-state index in [2.05, 4.69) is 14.8 Å². The highest BCUT2D eigenvalue weighted by molar-refractivity contribution is 7.89. The SMILES string of the molecule is O=S(=O)(NCC1CC1)c1cnc2cccnn12. The normalized spacial score (nSPS) is 16.5. The number of hydrogen-bond acceptors (Lipinski definition) is 4. The van der Waals surface area contributed by atoms with E-state index in [0.717, 1.165) is 12.8 Å². The van der Waals surface area contributed by atoms with Crippen LogP contribution in [0.2, 0.25) is 0 Å². The van der Waals surface area contributed by atoms with Crippen molar-refractivity contribution in [2.24, 2.45) is 5.92 Å². The van der Waals surface area contributed by atoms with Gasteiger partial charge in [0.2, 0.25) is 0 Å². The summed E-state index contributed by atoms with van der Waals surface area (Å²) in [5, 5.41) is 4.08. The second-order valence-corrected chi connectivity index (χ2v) is 5.90. The smallest absolute Gasteiger partial charge is 0.234 e. The number of aromatic nitrogens is 3. The molecule has 0 radical (unpaired) electrons. The standard InChI is InChI=1S/C10H12N4O2S/c15-17(16,13-6-8-3-4-8)10-7-11-9-2-1-5-12-14(9)10/h1-2,5,7-8,13H,3-4,6H2. The molecule has 3 rings (SSSR count). The fourth-order valence-electron chi connectivity index (χ4n) is 1.61. The monoisotopic (exact) mass is 252 g/mol. The minimum atomic E-state index is -3.51. The van der Waals surface area contributed by atoms with Crippen LogP contribution in [0.25, 0.3) is 5.65 Å². The largest absolute Gasteiger partial charge is 0.259 e. The Kier molecular flexibility index (Phi) is 2.37. The highest BCUT2D eigenvalue weighted by Crippen LogP contribution is 2.28. The fourth-order valence-corrected chi connectivity index (χ4v) is 2.78. The van der Waals surface area contributed by atoms with Gasteiger partial charge in [0, 0.05) is 12.7 Å². The number of fused-ring (bicyclic) bond motifs is 1. The van der Waals surface area contributed by atoms with E-state index in [1.165, 1.54) is 16.9 Å². The van der Waals surface area contributed by atoms with Gasteiger partial charge in [0.15, 0.2) is 10.7 Å². The molecule has 0 aliphatic heterocycles. The van der Waals surface area contributed by atoms with Crippen molar-refractivity contribution in [1.82, 2.24) is 19.3 Å². The second kappa shape index (κ2) is 3.78. The molecule has 1 aliphatic rings. The summed E-state index contributed by atoms with van der Waals surface area (Å²) in [6, 6.07) is 3.43. The number of nitrogens with one attached hydrogen (secondary N) is 1. The van der Waals surface area contributed by atoms with Crippen LogP contribution in [0.15, 0.2) is 29.6 Å². The molecule has 1 saturated carbocycles. The first-order valence-corrected chi connectivity index (χ1v) is 6.93. The third-order valence-corrected chi connectivity index (χ3v) is 4.16. The molecule has 1 aliphatic carbocycles. The molecule has 90 valence electrons. The molecule has 17 heavy (non-hydrogen) atoms. The van der Waals surface area contributed by atoms with Crippen LogP contribution in [0.1, 0.15) is 12.8 Å². The zero-order chi connectivity index (χ0) is 11.9. The molecule has 0 bridgehead atoms. The lowest BCUT2D eigenvalue weighted by Gasteiger charge is -2.04. The molecule has 0 atom stereocenters. The third-order valence-electron chi connectivity index (χ3n) is 2.78. The van der Waals surface area contributed by atoms with Crippen molar-refractivity contribution in [2.75, 3.05) is 6.54 Å². The molecule has 7 heteroatoms. The molecule has 0 aromatic carbocycles. The summed E-state index contributed by atoms with van der Waals surface area (Å²) in [7, 11) is -3.51. The van der Waals surface area contributed by atoms with Crippen molar-refractivity contribution < 1.29 is 8.42 Å². The molecule has 0 unspecified atom stereocenters. The van der Waals surface area contributed by atoms with Crippen LogP contribution < -0.4 is 4.72 Å². The van der Waals surface area contributed by atoms with E-state index < -0.39 is 10.0 Å². The van der Waals surface area contributed by atoms with Gasteiger partial charge in [-0.3, -0.25) is 0 Å². The average molecular weight is 252 g/mol. The average Bonchev–Trinajstić information content (AvgIpc) is 3.04. The van der Waals surface area contributed by atoms with E-state index in [-0.39, 0.29) is 5.03 Å². The predicted molar refractivity (Wildman–Crippen MR) is 60.9 cm³/mol. The van der Waals surface area contributed by atoms with Crippen molar-refractivity contribution >= 4 is 15.7 Å². The Bertz CT molecular complexity index is 645. The predicted octanol–water partition coefficient (Wildman–Crippen LogP) is 0.418. The number of sulfonamides is 1. The van der Waals surface area contributed by atoms with Crippen LogP contribution in [0.3, 0.4) is 0 Å². The number of nitrogens with zero attached hydrogens (tertiary/aromatic N) is 3. The van der Waals surface area contributed by atoms with Crippen molar-refractivity contribution in [3.05, 3.63) is 24.5 Å². The zero-order valence-electron chi connectivity index (χ0n) is 9.07. The Morgan fingerprint density at radius 3 is 3.06 bits per heavy atom. The number of hydrogen-bond donors (Lipinski definition) is 1. The van der Waals surface area contributed by atoms with Crippen LogP contribution in [-0.2, 0) is 10.0 Å². The maximum absolute atomic E-state index is 12.0. The second-order valence-electron chi connectivity index (χ2n) is 4.19. The van der Waals surface area contributed by atoms with Crippen LogP contribution in [0, 0.1) is 5.92 Å². The lowest BCUT2D eigenvalue weighted by Crippen LogP contribution is -2.27. The van der Waals surface area contributed by atoms with Gasteiger partial charge in [0.05, 0.1) is 6.20 Å². The summed E-state index contributed by atoms with van der Waals surface area (Å²) >= 11 is 0. The Morgan fingerprint density at radius 2 is 2.29 bits per heavy atom. The molecule has 2 heterocycles. The molecule has 0 saturated heterocycles. The van der Waals surface area contributed by atoms with Gasteiger partial charge in [0.1, 0.15) is 0 Å². The molecular weight excluding hydrogens is 240 g/mol. The molecule has 2 aromatic rings. The maximum atomic E-state index is 12.0. The summed E-state index contributed by atoms with van der Waals surface area (Å²) in [4.78, 5) is 4.01. The van der Waals surface area contributed by atoms with E-state index in [0.29, 0.717) is 18.1 Å². The first-order chi connectivity index (χ1) is 8.17. The molecule has 0 amide bonds. The van der Waals surface area contributed by atoms with Crippen molar-refractivity contribution in [3.8, 4) is 0 Å². The minimum Gasteiger partial charge on any atom is -0.234 e. The number of imidazole rings is 1. The van der Waals surface area contributed by atoms with E-state index in [1.54, 1.807) is 12.1 Å². The summed E-state index contributed by atoms with van der Waals surface area (Å²) in [6.07, 6.45) is 5.08. The van der Waals surface area contributed by atoms with Gasteiger partial charge in [-0.05, 0) is 30.9 Å². The topological polar surface area (TPSA) is 76.4 Å². The van der Waals surface area contributed by atoms with Gasteiger partial charge in [-0.2, -0.15) is 5.10 Å². The van der Waals surface area contributed by atoms with Gasteiger partial charge in [0.25, 0.3) is 10.0 Å². The molecule has 6 nitrogen and oxygen atoms in total. The third kappa shape index (κ3) is 2.03. The maximum Gasteiger partial charge on any atom is 0.259 e. The molecule has 0 spiro atoms. The van der Waals surface area contributed by atoms with E-state index in [4.69, 9.17) is 0 Å². The molecular formula is C10H12N4O2S. The Hall–Kier alpha value is -1.47. The van der Waals surface area contributed by atoms with Gasteiger partial charge in [-0.25, -0.2) is 22.6 Å². The van der Waals surface area contributed by atoms with E-state index in [1.807, 2.05) is 0 Å². The molecule has 1 fully saturated rings. The first kappa shape index (κ1) is 10.7. The zero-order valence-corrected chi connectivity index (χ0v) is 9.89. The number of rotatable bonds is 4. The highest BCUT2D eigenvalue weighted by atomic mass is 32.2. The quantitative estimate of drug-likeness (QED) is 0.855. The fraction of sp³-hybridized carbons (Fsp3) is 0.400. The van der Waals surface area contributed by atoms with Crippen molar-refractivity contribution in [3.63, 3.8) is 0 Å². The van der Waals surface area contributed by atoms with E-state index in [9.17, 15) is 8.42 Å². The molecule has 1 N–H and O–H groups in total. The van der Waals surface area contributed by atoms with Crippen LogP contribution >= 0.6 is 0 Å².